The van der Waals surface area contributed by atoms with Crippen molar-refractivity contribution in [2.75, 3.05) is 5.32 Å². The largest absolute Gasteiger partial charge is 0.345 e. The molecular formula is C15H18F2N2O2. The van der Waals surface area contributed by atoms with Gasteiger partial charge in [-0.1, -0.05) is 6.92 Å². The van der Waals surface area contributed by atoms with Crippen molar-refractivity contribution in [2.45, 2.75) is 38.6 Å². The zero-order valence-corrected chi connectivity index (χ0v) is 11.8. The minimum atomic E-state index is -0.945. The van der Waals surface area contributed by atoms with Crippen molar-refractivity contribution in [1.29, 1.82) is 0 Å². The van der Waals surface area contributed by atoms with Gasteiger partial charge in [-0.05, 0) is 43.7 Å². The van der Waals surface area contributed by atoms with Gasteiger partial charge in [-0.3, -0.25) is 9.59 Å². The summed E-state index contributed by atoms with van der Waals surface area (Å²) in [5.74, 6) is -2.76. The van der Waals surface area contributed by atoms with Crippen LogP contribution in [0, 0.1) is 17.6 Å². The summed E-state index contributed by atoms with van der Waals surface area (Å²) in [6, 6.07) is 2.73. The molecule has 1 fully saturated rings. The number of hydrogen-bond acceptors (Lipinski definition) is 2. The van der Waals surface area contributed by atoms with Crippen molar-refractivity contribution in [2.24, 2.45) is 5.92 Å². The van der Waals surface area contributed by atoms with Crippen LogP contribution in [0.3, 0.4) is 0 Å². The minimum absolute atomic E-state index is 0.0162. The number of anilines is 1. The van der Waals surface area contributed by atoms with E-state index in [2.05, 4.69) is 17.6 Å². The number of halogens is 2. The van der Waals surface area contributed by atoms with E-state index in [1.165, 1.54) is 0 Å². The lowest BCUT2D eigenvalue weighted by molar-refractivity contribution is -0.136. The first-order valence-corrected chi connectivity index (χ1v) is 7.02. The van der Waals surface area contributed by atoms with Crippen molar-refractivity contribution in [3.8, 4) is 0 Å². The molecule has 1 saturated carbocycles. The predicted octanol–water partition coefficient (Wildman–Crippen LogP) is 2.60. The third kappa shape index (κ3) is 4.24. The van der Waals surface area contributed by atoms with Gasteiger partial charge in [0.15, 0.2) is 0 Å². The number of carbonyl (C=O) groups excluding carboxylic acids is 2. The Morgan fingerprint density at radius 3 is 2.38 bits per heavy atom. The Kier molecular flexibility index (Phi) is 4.88. The fraction of sp³-hybridized carbons (Fsp3) is 0.467. The summed E-state index contributed by atoms with van der Waals surface area (Å²) < 4.78 is 26.1. The van der Waals surface area contributed by atoms with Crippen LogP contribution in [0.25, 0.3) is 0 Å². The zero-order valence-electron chi connectivity index (χ0n) is 11.8. The molecule has 2 rings (SSSR count). The van der Waals surface area contributed by atoms with E-state index in [0.717, 1.165) is 37.8 Å². The van der Waals surface area contributed by atoms with Crippen LogP contribution in [0.4, 0.5) is 14.5 Å². The van der Waals surface area contributed by atoms with E-state index in [4.69, 9.17) is 0 Å². The standard InChI is InChI=1S/C15H18F2N2O2/c1-9-2-5-11(6-3-9)18-14(20)15(21)19-13-7-4-10(16)8-12(13)17/h4,7-9,11H,2-3,5-6H2,1H3,(H,18,20)(H,19,21). The van der Waals surface area contributed by atoms with Crippen LogP contribution in [0.15, 0.2) is 18.2 Å². The van der Waals surface area contributed by atoms with Crippen molar-refractivity contribution < 1.29 is 18.4 Å². The van der Waals surface area contributed by atoms with E-state index in [-0.39, 0.29) is 11.7 Å². The van der Waals surface area contributed by atoms with Gasteiger partial charge in [-0.25, -0.2) is 8.78 Å². The smallest absolute Gasteiger partial charge is 0.313 e. The summed E-state index contributed by atoms with van der Waals surface area (Å²) in [4.78, 5) is 23.5. The zero-order chi connectivity index (χ0) is 15.4. The molecule has 1 aliphatic carbocycles. The van der Waals surface area contributed by atoms with E-state index < -0.39 is 23.4 Å². The third-order valence-corrected chi connectivity index (χ3v) is 3.74. The normalized spacial score (nSPS) is 21.7. The van der Waals surface area contributed by atoms with Gasteiger partial charge < -0.3 is 10.6 Å². The molecule has 0 aromatic heterocycles. The Balaban J connectivity index is 1.89. The van der Waals surface area contributed by atoms with Crippen LogP contribution in [-0.2, 0) is 9.59 Å². The maximum atomic E-state index is 13.4. The second-order valence-electron chi connectivity index (χ2n) is 5.51. The van der Waals surface area contributed by atoms with Gasteiger partial charge in [0, 0.05) is 12.1 Å². The highest BCUT2D eigenvalue weighted by molar-refractivity contribution is 6.39. The number of rotatable bonds is 2. The Hall–Kier alpha value is -1.98. The SMILES string of the molecule is CC1CCC(NC(=O)C(=O)Nc2ccc(F)cc2F)CC1. The summed E-state index contributed by atoms with van der Waals surface area (Å²) in [6.07, 6.45) is 3.70. The van der Waals surface area contributed by atoms with E-state index in [1.54, 1.807) is 0 Å². The number of benzene rings is 1. The van der Waals surface area contributed by atoms with Gasteiger partial charge in [0.05, 0.1) is 5.69 Å². The summed E-state index contributed by atoms with van der Waals surface area (Å²) >= 11 is 0. The molecular weight excluding hydrogens is 278 g/mol. The number of hydrogen-bond donors (Lipinski definition) is 2. The number of amides is 2. The predicted molar refractivity (Wildman–Crippen MR) is 74.6 cm³/mol. The Labute approximate surface area is 121 Å². The van der Waals surface area contributed by atoms with Crippen molar-refractivity contribution in [1.82, 2.24) is 5.32 Å². The molecule has 114 valence electrons. The fourth-order valence-corrected chi connectivity index (χ4v) is 2.43. The molecule has 0 aliphatic heterocycles. The van der Waals surface area contributed by atoms with Crippen molar-refractivity contribution in [3.05, 3.63) is 29.8 Å². The lowest BCUT2D eigenvalue weighted by Gasteiger charge is -2.26. The number of carbonyl (C=O) groups is 2. The second kappa shape index (κ2) is 6.65. The van der Waals surface area contributed by atoms with E-state index in [1.807, 2.05) is 0 Å². The Morgan fingerprint density at radius 1 is 1.10 bits per heavy atom. The minimum Gasteiger partial charge on any atom is -0.345 e. The molecule has 0 saturated heterocycles. The highest BCUT2D eigenvalue weighted by Gasteiger charge is 2.23. The summed E-state index contributed by atoms with van der Waals surface area (Å²) in [7, 11) is 0. The van der Waals surface area contributed by atoms with E-state index in [9.17, 15) is 18.4 Å². The molecule has 1 aromatic rings. The van der Waals surface area contributed by atoms with Crippen LogP contribution < -0.4 is 10.6 Å². The van der Waals surface area contributed by atoms with Gasteiger partial charge in [0.2, 0.25) is 0 Å². The quantitative estimate of drug-likeness (QED) is 0.824. The second-order valence-corrected chi connectivity index (χ2v) is 5.51. The van der Waals surface area contributed by atoms with Gasteiger partial charge in [0.25, 0.3) is 0 Å². The third-order valence-electron chi connectivity index (χ3n) is 3.74. The molecule has 4 nitrogen and oxygen atoms in total. The molecule has 0 unspecified atom stereocenters. The molecule has 1 aliphatic rings. The Bertz CT molecular complexity index is 540. The van der Waals surface area contributed by atoms with E-state index in [0.29, 0.717) is 12.0 Å². The van der Waals surface area contributed by atoms with Crippen LogP contribution in [0.2, 0.25) is 0 Å². The molecule has 0 atom stereocenters. The molecule has 2 N–H and O–H groups in total. The molecule has 2 amide bonds. The molecule has 1 aromatic carbocycles. The monoisotopic (exact) mass is 296 g/mol. The fourth-order valence-electron chi connectivity index (χ4n) is 2.43. The maximum absolute atomic E-state index is 13.4. The molecule has 0 radical (unpaired) electrons. The maximum Gasteiger partial charge on any atom is 0.313 e. The van der Waals surface area contributed by atoms with Crippen LogP contribution >= 0.6 is 0 Å². The summed E-state index contributed by atoms with van der Waals surface area (Å²) in [5, 5.41) is 4.79. The van der Waals surface area contributed by atoms with Gasteiger partial charge in [-0.15, -0.1) is 0 Å². The van der Waals surface area contributed by atoms with Crippen LogP contribution in [-0.4, -0.2) is 17.9 Å². The highest BCUT2D eigenvalue weighted by atomic mass is 19.1. The number of nitrogens with one attached hydrogen (secondary N) is 2. The van der Waals surface area contributed by atoms with Gasteiger partial charge in [0.1, 0.15) is 11.6 Å². The van der Waals surface area contributed by atoms with Crippen molar-refractivity contribution in [3.63, 3.8) is 0 Å². The summed E-state index contributed by atoms with van der Waals surface area (Å²) in [6.45, 7) is 2.15. The van der Waals surface area contributed by atoms with Crippen LogP contribution in [0.5, 0.6) is 0 Å². The van der Waals surface area contributed by atoms with Crippen LogP contribution in [0.1, 0.15) is 32.6 Å². The molecule has 0 spiro atoms. The first kappa shape index (κ1) is 15.4. The molecule has 21 heavy (non-hydrogen) atoms. The van der Waals surface area contributed by atoms with Gasteiger partial charge >= 0.3 is 11.8 Å². The average molecular weight is 296 g/mol. The van der Waals surface area contributed by atoms with E-state index >= 15 is 0 Å². The highest BCUT2D eigenvalue weighted by Crippen LogP contribution is 2.23. The van der Waals surface area contributed by atoms with Gasteiger partial charge in [-0.2, -0.15) is 0 Å². The summed E-state index contributed by atoms with van der Waals surface area (Å²) in [5.41, 5.74) is -0.214. The lowest BCUT2D eigenvalue weighted by Crippen LogP contribution is -2.43. The lowest BCUT2D eigenvalue weighted by atomic mass is 9.87. The topological polar surface area (TPSA) is 58.2 Å². The first-order valence-electron chi connectivity index (χ1n) is 7.02. The molecule has 0 heterocycles. The average Bonchev–Trinajstić information content (AvgIpc) is 2.44. The molecule has 0 bridgehead atoms. The molecule has 6 heteroatoms. The Morgan fingerprint density at radius 2 is 1.76 bits per heavy atom. The first-order chi connectivity index (χ1) is 9.95. The van der Waals surface area contributed by atoms with Crippen molar-refractivity contribution >= 4 is 17.5 Å².